The van der Waals surface area contributed by atoms with E-state index in [-0.39, 0.29) is 12.6 Å². The van der Waals surface area contributed by atoms with Gasteiger partial charge in [-0.2, -0.15) is 0 Å². The van der Waals surface area contributed by atoms with Crippen molar-refractivity contribution in [3.05, 3.63) is 0 Å². The molecule has 2 fully saturated rings. The summed E-state index contributed by atoms with van der Waals surface area (Å²) in [6, 6.07) is 0.400. The summed E-state index contributed by atoms with van der Waals surface area (Å²) in [5.41, 5.74) is -0.522. The first kappa shape index (κ1) is 13.6. The van der Waals surface area contributed by atoms with E-state index in [0.717, 1.165) is 12.8 Å². The van der Waals surface area contributed by atoms with Crippen molar-refractivity contribution in [3.63, 3.8) is 0 Å². The maximum atomic E-state index is 14.0. The molecule has 0 spiro atoms. The van der Waals surface area contributed by atoms with E-state index < -0.39 is 17.9 Å². The molecule has 0 unspecified atom stereocenters. The van der Waals surface area contributed by atoms with E-state index in [4.69, 9.17) is 4.74 Å². The van der Waals surface area contributed by atoms with Gasteiger partial charge in [0.05, 0.1) is 6.54 Å². The Balaban J connectivity index is 1.81. The van der Waals surface area contributed by atoms with E-state index in [0.29, 0.717) is 19.0 Å². The Bertz CT molecular complexity index is 313. The number of halogens is 1. The van der Waals surface area contributed by atoms with Crippen LogP contribution in [0.1, 0.15) is 40.0 Å². The third kappa shape index (κ3) is 3.83. The van der Waals surface area contributed by atoms with Crippen molar-refractivity contribution in [2.24, 2.45) is 0 Å². The minimum atomic E-state index is -0.994. The second kappa shape index (κ2) is 5.03. The molecule has 5 heteroatoms. The third-order valence-electron chi connectivity index (χ3n) is 3.22. The summed E-state index contributed by atoms with van der Waals surface area (Å²) in [4.78, 5) is 13.3. The lowest BCUT2D eigenvalue weighted by Gasteiger charge is -2.36. The van der Waals surface area contributed by atoms with Gasteiger partial charge >= 0.3 is 6.09 Å². The van der Waals surface area contributed by atoms with Gasteiger partial charge in [0.25, 0.3) is 0 Å². The van der Waals surface area contributed by atoms with Crippen LogP contribution in [0.3, 0.4) is 0 Å². The molecule has 1 aliphatic carbocycles. The zero-order valence-corrected chi connectivity index (χ0v) is 11.4. The molecular formula is C13H23FN2O2. The number of rotatable bonds is 2. The van der Waals surface area contributed by atoms with Crippen molar-refractivity contribution in [3.8, 4) is 0 Å². The number of carbonyl (C=O) groups excluding carboxylic acids is 1. The minimum absolute atomic E-state index is 0.101. The van der Waals surface area contributed by atoms with Crippen molar-refractivity contribution < 1.29 is 13.9 Å². The number of likely N-dealkylation sites (tertiary alicyclic amines) is 1. The molecule has 0 aromatic carbocycles. The molecule has 1 heterocycles. The number of nitrogens with zero attached hydrogens (tertiary/aromatic N) is 1. The molecule has 18 heavy (non-hydrogen) atoms. The van der Waals surface area contributed by atoms with Gasteiger partial charge in [0, 0.05) is 18.6 Å². The molecule has 1 saturated heterocycles. The highest BCUT2D eigenvalue weighted by Gasteiger charge is 2.36. The summed E-state index contributed by atoms with van der Waals surface area (Å²) in [5, 5.41) is 3.30. The van der Waals surface area contributed by atoms with Crippen LogP contribution in [0, 0.1) is 0 Å². The Hall–Kier alpha value is -0.840. The van der Waals surface area contributed by atoms with Gasteiger partial charge in [-0.05, 0) is 40.0 Å². The predicted molar refractivity (Wildman–Crippen MR) is 67.3 cm³/mol. The summed E-state index contributed by atoms with van der Waals surface area (Å²) in [7, 11) is 0. The molecule has 2 aliphatic rings. The smallest absolute Gasteiger partial charge is 0.410 e. The highest BCUT2D eigenvalue weighted by molar-refractivity contribution is 5.68. The first-order chi connectivity index (χ1) is 8.35. The van der Waals surface area contributed by atoms with Crippen LogP contribution in [0.2, 0.25) is 0 Å². The SMILES string of the molecule is CC(C)(C)OC(=O)N1CC[C@H](NC2CC2)[C@H](F)C1. The monoisotopic (exact) mass is 258 g/mol. The number of amides is 1. The Labute approximate surface area is 108 Å². The second-order valence-corrected chi connectivity index (χ2v) is 6.28. The van der Waals surface area contributed by atoms with Crippen molar-refractivity contribution in [2.75, 3.05) is 13.1 Å². The maximum absolute atomic E-state index is 14.0. The van der Waals surface area contributed by atoms with E-state index >= 15 is 0 Å². The average Bonchev–Trinajstić information content (AvgIpc) is 3.02. The largest absolute Gasteiger partial charge is 0.444 e. The molecule has 0 aromatic heterocycles. The zero-order valence-electron chi connectivity index (χ0n) is 11.4. The van der Waals surface area contributed by atoms with Crippen LogP contribution in [-0.2, 0) is 4.74 Å². The standard InChI is InChI=1S/C13H23FN2O2/c1-13(2,3)18-12(17)16-7-6-11(10(14)8-16)15-9-4-5-9/h9-11,15H,4-8H2,1-3H3/t10-,11+/m1/s1. The van der Waals surface area contributed by atoms with Gasteiger partial charge in [0.1, 0.15) is 11.8 Å². The predicted octanol–water partition coefficient (Wildman–Crippen LogP) is 2.09. The quantitative estimate of drug-likeness (QED) is 0.824. The van der Waals surface area contributed by atoms with E-state index in [1.807, 2.05) is 20.8 Å². The van der Waals surface area contributed by atoms with Gasteiger partial charge in [0.2, 0.25) is 0 Å². The summed E-state index contributed by atoms with van der Waals surface area (Å²) in [5.74, 6) is 0. The molecule has 4 nitrogen and oxygen atoms in total. The fourth-order valence-corrected chi connectivity index (χ4v) is 2.14. The van der Waals surface area contributed by atoms with Gasteiger partial charge in [0.15, 0.2) is 0 Å². The summed E-state index contributed by atoms with van der Waals surface area (Å²) < 4.78 is 19.2. The molecular weight excluding hydrogens is 235 g/mol. The van der Waals surface area contributed by atoms with Crippen molar-refractivity contribution in [1.82, 2.24) is 10.2 Å². The van der Waals surface area contributed by atoms with E-state index in [1.165, 1.54) is 4.90 Å². The molecule has 2 rings (SSSR count). The molecule has 1 N–H and O–H groups in total. The Morgan fingerprint density at radius 3 is 2.50 bits per heavy atom. The van der Waals surface area contributed by atoms with Crippen molar-refractivity contribution in [1.29, 1.82) is 0 Å². The maximum Gasteiger partial charge on any atom is 0.410 e. The number of piperidine rings is 1. The lowest BCUT2D eigenvalue weighted by Crippen LogP contribution is -2.53. The number of alkyl halides is 1. The van der Waals surface area contributed by atoms with Crippen LogP contribution < -0.4 is 5.32 Å². The molecule has 0 bridgehead atoms. The minimum Gasteiger partial charge on any atom is -0.444 e. The number of ether oxygens (including phenoxy) is 1. The fraction of sp³-hybridized carbons (Fsp3) is 0.923. The lowest BCUT2D eigenvalue weighted by molar-refractivity contribution is 0.00936. The zero-order chi connectivity index (χ0) is 13.3. The third-order valence-corrected chi connectivity index (χ3v) is 3.22. The lowest BCUT2D eigenvalue weighted by atomic mass is 10.0. The summed E-state index contributed by atoms with van der Waals surface area (Å²) in [6.07, 6.45) is 1.57. The van der Waals surface area contributed by atoms with Crippen LogP contribution >= 0.6 is 0 Å². The molecule has 0 radical (unpaired) electrons. The Kier molecular flexibility index (Phi) is 3.80. The van der Waals surface area contributed by atoms with E-state index in [2.05, 4.69) is 5.32 Å². The van der Waals surface area contributed by atoms with E-state index in [9.17, 15) is 9.18 Å². The van der Waals surface area contributed by atoms with Crippen LogP contribution in [0.5, 0.6) is 0 Å². The molecule has 0 aromatic rings. The van der Waals surface area contributed by atoms with Gasteiger partial charge in [-0.25, -0.2) is 9.18 Å². The summed E-state index contributed by atoms with van der Waals surface area (Å²) in [6.45, 7) is 6.16. The number of nitrogens with one attached hydrogen (secondary N) is 1. The van der Waals surface area contributed by atoms with Crippen molar-refractivity contribution >= 4 is 6.09 Å². The van der Waals surface area contributed by atoms with Crippen LogP contribution in [0.15, 0.2) is 0 Å². The fourth-order valence-electron chi connectivity index (χ4n) is 2.14. The number of hydrogen-bond donors (Lipinski definition) is 1. The Morgan fingerprint density at radius 2 is 2.00 bits per heavy atom. The van der Waals surface area contributed by atoms with Crippen LogP contribution in [-0.4, -0.2) is 47.9 Å². The average molecular weight is 258 g/mol. The first-order valence-corrected chi connectivity index (χ1v) is 6.73. The molecule has 1 amide bonds. The normalized spacial score (nSPS) is 29.2. The highest BCUT2D eigenvalue weighted by Crippen LogP contribution is 2.24. The van der Waals surface area contributed by atoms with Crippen LogP contribution in [0.25, 0.3) is 0 Å². The highest BCUT2D eigenvalue weighted by atomic mass is 19.1. The molecule has 104 valence electrons. The molecule has 1 saturated carbocycles. The molecule has 2 atom stereocenters. The Morgan fingerprint density at radius 1 is 1.33 bits per heavy atom. The topological polar surface area (TPSA) is 41.6 Å². The number of carbonyl (C=O) groups is 1. The van der Waals surface area contributed by atoms with Gasteiger partial charge in [-0.3, -0.25) is 0 Å². The summed E-state index contributed by atoms with van der Waals surface area (Å²) >= 11 is 0. The van der Waals surface area contributed by atoms with Crippen molar-refractivity contribution in [2.45, 2.75) is 63.9 Å². The van der Waals surface area contributed by atoms with Gasteiger partial charge < -0.3 is 15.0 Å². The second-order valence-electron chi connectivity index (χ2n) is 6.28. The number of hydrogen-bond acceptors (Lipinski definition) is 3. The van der Waals surface area contributed by atoms with Crippen LogP contribution in [0.4, 0.5) is 9.18 Å². The van der Waals surface area contributed by atoms with E-state index in [1.54, 1.807) is 0 Å². The first-order valence-electron chi connectivity index (χ1n) is 6.73. The molecule has 1 aliphatic heterocycles. The van der Waals surface area contributed by atoms with Gasteiger partial charge in [-0.1, -0.05) is 0 Å². The van der Waals surface area contributed by atoms with Gasteiger partial charge in [-0.15, -0.1) is 0 Å².